The molecule has 0 radical (unpaired) electrons. The second kappa shape index (κ2) is 7.05. The van der Waals surface area contributed by atoms with Crippen molar-refractivity contribution < 1.29 is 13.6 Å². The summed E-state index contributed by atoms with van der Waals surface area (Å²) in [6.07, 6.45) is 0. The number of hydrogen-bond acceptors (Lipinski definition) is 3. The average molecular weight is 444 g/mol. The van der Waals surface area contributed by atoms with Gasteiger partial charge in [0.2, 0.25) is 11.5 Å². The Morgan fingerprint density at radius 1 is 0.625 bits per heavy atom. The molecule has 1 heterocycles. The van der Waals surface area contributed by atoms with Crippen LogP contribution in [0.15, 0.2) is 60.7 Å². The normalized spacial score (nSPS) is 13.9. The fraction of sp³-hybridized carbons (Fsp3) is 0.286. The summed E-state index contributed by atoms with van der Waals surface area (Å²) in [7, 11) is -2.38. The number of fused-ring (bicyclic) bond motifs is 7. The Morgan fingerprint density at radius 3 is 1.38 bits per heavy atom. The van der Waals surface area contributed by atoms with E-state index in [1.165, 1.54) is 0 Å². The van der Waals surface area contributed by atoms with Crippen molar-refractivity contribution in [3.05, 3.63) is 71.8 Å². The van der Waals surface area contributed by atoms with E-state index in [0.717, 1.165) is 43.8 Å². The Kier molecular flexibility index (Phi) is 4.62. The fourth-order valence-electron chi connectivity index (χ4n) is 4.63. The topological polar surface area (TPSA) is 35.5 Å². The van der Waals surface area contributed by atoms with Gasteiger partial charge < -0.3 is 0 Å². The SMILES string of the molecule is CC(C)(C)c1cc2ccccc2c2c1O[P+](=O)Oc1c(C(C)(C)C)cc3ccccc3c1-2. The Balaban J connectivity index is 2.08. The molecule has 0 aromatic heterocycles. The van der Waals surface area contributed by atoms with Crippen LogP contribution in [0.25, 0.3) is 32.7 Å². The molecule has 162 valence electrons. The van der Waals surface area contributed by atoms with E-state index in [-0.39, 0.29) is 10.8 Å². The standard InChI is InChI=1S/C28H28O3P/c1-27(2,3)21-15-17-11-7-9-13-19(17)23-24-20-14-10-8-12-18(20)16-22(28(4,5)6)26(24)31-32(29)30-25(21)23/h7-16H,1-6H3/q+1. The van der Waals surface area contributed by atoms with Crippen molar-refractivity contribution in [1.82, 2.24) is 0 Å². The monoisotopic (exact) mass is 443 g/mol. The molecule has 0 atom stereocenters. The van der Waals surface area contributed by atoms with Gasteiger partial charge in [0.15, 0.2) is 0 Å². The van der Waals surface area contributed by atoms with Gasteiger partial charge in [-0.1, -0.05) is 90.1 Å². The van der Waals surface area contributed by atoms with Crippen molar-refractivity contribution in [2.75, 3.05) is 0 Å². The van der Waals surface area contributed by atoms with Crippen LogP contribution in [0.1, 0.15) is 52.7 Å². The third-order valence-corrected chi connectivity index (χ3v) is 6.86. The second-order valence-electron chi connectivity index (χ2n) is 10.6. The maximum atomic E-state index is 13.1. The zero-order chi connectivity index (χ0) is 22.8. The summed E-state index contributed by atoms with van der Waals surface area (Å²) in [5.41, 5.74) is 3.57. The lowest BCUT2D eigenvalue weighted by atomic mass is 9.79. The molecule has 4 aromatic rings. The highest BCUT2D eigenvalue weighted by molar-refractivity contribution is 7.34. The molecule has 1 aliphatic rings. The van der Waals surface area contributed by atoms with Crippen molar-refractivity contribution in [2.45, 2.75) is 52.4 Å². The molecule has 5 rings (SSSR count). The van der Waals surface area contributed by atoms with E-state index in [1.54, 1.807) is 0 Å². The van der Waals surface area contributed by atoms with Gasteiger partial charge in [-0.05, 0) is 44.5 Å². The first kappa shape index (κ1) is 21.0. The smallest absolute Gasteiger partial charge is 0.221 e. The summed E-state index contributed by atoms with van der Waals surface area (Å²) in [5, 5.41) is 4.41. The summed E-state index contributed by atoms with van der Waals surface area (Å²) in [6, 6.07) is 21.0. The predicted molar refractivity (Wildman–Crippen MR) is 133 cm³/mol. The molecule has 0 fully saturated rings. The van der Waals surface area contributed by atoms with Gasteiger partial charge in [-0.3, -0.25) is 0 Å². The molecule has 32 heavy (non-hydrogen) atoms. The predicted octanol–water partition coefficient (Wildman–Crippen LogP) is 8.68. The summed E-state index contributed by atoms with van der Waals surface area (Å²) in [6.45, 7) is 12.9. The molecule has 0 spiro atoms. The summed E-state index contributed by atoms with van der Waals surface area (Å²) in [4.78, 5) is 0. The van der Waals surface area contributed by atoms with Gasteiger partial charge in [-0.2, -0.15) is 0 Å². The summed E-state index contributed by atoms with van der Waals surface area (Å²) < 4.78 is 25.4. The molecule has 0 N–H and O–H groups in total. The van der Waals surface area contributed by atoms with E-state index in [4.69, 9.17) is 9.05 Å². The largest absolute Gasteiger partial charge is 0.805 e. The van der Waals surface area contributed by atoms with E-state index in [2.05, 4.69) is 90.1 Å². The van der Waals surface area contributed by atoms with Gasteiger partial charge in [0, 0.05) is 26.8 Å². The minimum Gasteiger partial charge on any atom is -0.221 e. The van der Waals surface area contributed by atoms with Crippen LogP contribution in [0.3, 0.4) is 0 Å². The van der Waals surface area contributed by atoms with Crippen LogP contribution >= 0.6 is 8.25 Å². The first-order valence-electron chi connectivity index (χ1n) is 11.0. The van der Waals surface area contributed by atoms with Crippen LogP contribution in [0, 0.1) is 0 Å². The molecule has 4 heteroatoms. The highest BCUT2D eigenvalue weighted by atomic mass is 31.1. The van der Waals surface area contributed by atoms with E-state index >= 15 is 0 Å². The van der Waals surface area contributed by atoms with Gasteiger partial charge in [0.05, 0.1) is 0 Å². The Labute approximate surface area is 190 Å². The first-order chi connectivity index (χ1) is 15.1. The third-order valence-electron chi connectivity index (χ3n) is 6.20. The van der Waals surface area contributed by atoms with Gasteiger partial charge in [-0.25, -0.2) is 9.05 Å². The molecule has 0 unspecified atom stereocenters. The molecule has 1 aliphatic heterocycles. The molecule has 3 nitrogen and oxygen atoms in total. The zero-order valence-corrected chi connectivity index (χ0v) is 20.3. The van der Waals surface area contributed by atoms with Gasteiger partial charge in [0.25, 0.3) is 0 Å². The Bertz CT molecular complexity index is 1300. The fourth-order valence-corrected chi connectivity index (χ4v) is 5.34. The minimum absolute atomic E-state index is 0.202. The minimum atomic E-state index is -2.38. The van der Waals surface area contributed by atoms with Crippen LogP contribution < -0.4 is 9.05 Å². The van der Waals surface area contributed by atoms with Crippen molar-refractivity contribution in [3.8, 4) is 22.6 Å². The molecular weight excluding hydrogens is 415 g/mol. The Hall–Kier alpha value is -2.90. The molecular formula is C28H28O3P+. The van der Waals surface area contributed by atoms with Crippen LogP contribution in [-0.4, -0.2) is 0 Å². The van der Waals surface area contributed by atoms with Gasteiger partial charge >= 0.3 is 8.25 Å². The first-order valence-corrected chi connectivity index (χ1v) is 12.1. The van der Waals surface area contributed by atoms with Crippen molar-refractivity contribution in [3.63, 3.8) is 0 Å². The molecule has 0 bridgehead atoms. The van der Waals surface area contributed by atoms with Crippen LogP contribution in [0.4, 0.5) is 0 Å². The number of rotatable bonds is 0. The van der Waals surface area contributed by atoms with Crippen LogP contribution in [0.2, 0.25) is 0 Å². The maximum absolute atomic E-state index is 13.1. The highest BCUT2D eigenvalue weighted by Crippen LogP contribution is 2.57. The summed E-state index contributed by atoms with van der Waals surface area (Å²) in [5.74, 6) is 1.32. The highest BCUT2D eigenvalue weighted by Gasteiger charge is 2.41. The zero-order valence-electron chi connectivity index (χ0n) is 19.4. The number of benzene rings is 4. The summed E-state index contributed by atoms with van der Waals surface area (Å²) >= 11 is 0. The van der Waals surface area contributed by atoms with Crippen LogP contribution in [-0.2, 0) is 15.4 Å². The Morgan fingerprint density at radius 2 is 1.00 bits per heavy atom. The molecule has 4 aromatic carbocycles. The van der Waals surface area contributed by atoms with Gasteiger partial charge in [-0.15, -0.1) is 0 Å². The van der Waals surface area contributed by atoms with Crippen molar-refractivity contribution in [2.24, 2.45) is 0 Å². The van der Waals surface area contributed by atoms with Crippen LogP contribution in [0.5, 0.6) is 11.5 Å². The van der Waals surface area contributed by atoms with Crippen molar-refractivity contribution in [1.29, 1.82) is 0 Å². The van der Waals surface area contributed by atoms with Gasteiger partial charge in [0.1, 0.15) is 0 Å². The maximum Gasteiger partial charge on any atom is 0.805 e. The average Bonchev–Trinajstić information content (AvgIpc) is 2.87. The molecule has 0 amide bonds. The van der Waals surface area contributed by atoms with E-state index in [9.17, 15) is 4.57 Å². The molecule has 0 aliphatic carbocycles. The lowest BCUT2D eigenvalue weighted by Crippen LogP contribution is -2.13. The van der Waals surface area contributed by atoms with E-state index < -0.39 is 8.25 Å². The van der Waals surface area contributed by atoms with E-state index in [0.29, 0.717) is 11.5 Å². The lowest BCUT2D eigenvalue weighted by molar-refractivity contribution is 0.409. The molecule has 0 saturated heterocycles. The quantitative estimate of drug-likeness (QED) is 0.255. The number of hydrogen-bond donors (Lipinski definition) is 0. The molecule has 0 saturated carbocycles. The van der Waals surface area contributed by atoms with Crippen molar-refractivity contribution >= 4 is 29.8 Å². The van der Waals surface area contributed by atoms with E-state index in [1.807, 2.05) is 12.1 Å². The second-order valence-corrected chi connectivity index (χ2v) is 11.4. The lowest BCUT2D eigenvalue weighted by Gasteiger charge is -2.25. The third kappa shape index (κ3) is 3.27.